The minimum Gasteiger partial charge on any atom is -0.481 e. The Labute approximate surface area is 133 Å². The summed E-state index contributed by atoms with van der Waals surface area (Å²) in [6.45, 7) is 4.32. The molecule has 110 valence electrons. The highest BCUT2D eigenvalue weighted by molar-refractivity contribution is 9.10. The van der Waals surface area contributed by atoms with Gasteiger partial charge < -0.3 is 5.11 Å². The number of benzene rings is 1. The van der Waals surface area contributed by atoms with Crippen molar-refractivity contribution in [1.29, 1.82) is 0 Å². The van der Waals surface area contributed by atoms with E-state index in [2.05, 4.69) is 20.8 Å². The van der Waals surface area contributed by atoms with E-state index in [1.807, 2.05) is 25.1 Å². The monoisotopic (exact) mass is 359 g/mol. The van der Waals surface area contributed by atoms with Gasteiger partial charge in [-0.1, -0.05) is 24.6 Å². The molecule has 0 aromatic heterocycles. The SMILES string of the molecule is CCC1(C(=O)O)CCCN(Cc2ccc(Cl)c(Br)c2)C1. The summed E-state index contributed by atoms with van der Waals surface area (Å²) in [7, 11) is 0. The van der Waals surface area contributed by atoms with E-state index in [0.29, 0.717) is 18.0 Å². The first-order chi connectivity index (χ1) is 9.47. The zero-order valence-corrected chi connectivity index (χ0v) is 13.9. The summed E-state index contributed by atoms with van der Waals surface area (Å²) in [5.74, 6) is -0.665. The summed E-state index contributed by atoms with van der Waals surface area (Å²) >= 11 is 9.42. The van der Waals surface area contributed by atoms with Crippen LogP contribution >= 0.6 is 27.5 Å². The van der Waals surface area contributed by atoms with E-state index in [0.717, 1.165) is 36.0 Å². The second-order valence-corrected chi connectivity index (χ2v) is 6.76. The number of aliphatic carboxylic acids is 1. The molecule has 0 aliphatic carbocycles. The van der Waals surface area contributed by atoms with Crippen LogP contribution in [-0.4, -0.2) is 29.1 Å². The molecule has 1 fully saturated rings. The topological polar surface area (TPSA) is 40.5 Å². The van der Waals surface area contributed by atoms with Crippen molar-refractivity contribution < 1.29 is 9.90 Å². The number of nitrogens with zero attached hydrogens (tertiary/aromatic N) is 1. The highest BCUT2D eigenvalue weighted by atomic mass is 79.9. The Bertz CT molecular complexity index is 509. The molecule has 5 heteroatoms. The molecule has 1 atom stereocenters. The Kier molecular flexibility index (Phi) is 5.10. The van der Waals surface area contributed by atoms with Gasteiger partial charge in [0.05, 0.1) is 10.4 Å². The number of hydrogen-bond acceptors (Lipinski definition) is 2. The molecule has 1 unspecified atom stereocenters. The van der Waals surface area contributed by atoms with Crippen molar-refractivity contribution in [3.63, 3.8) is 0 Å². The first-order valence-corrected chi connectivity index (χ1v) is 8.03. The Morgan fingerprint density at radius 2 is 2.30 bits per heavy atom. The Morgan fingerprint density at radius 3 is 2.90 bits per heavy atom. The van der Waals surface area contributed by atoms with Gasteiger partial charge in [0, 0.05) is 17.6 Å². The second-order valence-electron chi connectivity index (χ2n) is 5.50. The van der Waals surface area contributed by atoms with E-state index in [9.17, 15) is 9.90 Å². The first kappa shape index (κ1) is 15.8. The van der Waals surface area contributed by atoms with Crippen LogP contribution in [0.5, 0.6) is 0 Å². The average Bonchev–Trinajstić information content (AvgIpc) is 2.43. The number of rotatable bonds is 4. The van der Waals surface area contributed by atoms with Crippen LogP contribution in [0.4, 0.5) is 0 Å². The van der Waals surface area contributed by atoms with Crippen molar-refractivity contribution in [1.82, 2.24) is 4.90 Å². The molecule has 1 N–H and O–H groups in total. The molecule has 0 spiro atoms. The highest BCUT2D eigenvalue weighted by Crippen LogP contribution is 2.34. The van der Waals surface area contributed by atoms with E-state index in [1.165, 1.54) is 0 Å². The molecule has 1 heterocycles. The molecule has 20 heavy (non-hydrogen) atoms. The van der Waals surface area contributed by atoms with Crippen LogP contribution in [0.1, 0.15) is 31.7 Å². The molecule has 1 aromatic rings. The maximum Gasteiger partial charge on any atom is 0.310 e. The smallest absolute Gasteiger partial charge is 0.310 e. The number of carbonyl (C=O) groups is 1. The van der Waals surface area contributed by atoms with Crippen molar-refractivity contribution in [2.24, 2.45) is 5.41 Å². The van der Waals surface area contributed by atoms with Gasteiger partial charge >= 0.3 is 5.97 Å². The standard InChI is InChI=1S/C15H19BrClNO2/c1-2-15(14(19)20)6-3-7-18(10-15)9-11-4-5-13(17)12(16)8-11/h4-5,8H,2-3,6-7,9-10H2,1H3,(H,19,20). The molecule has 0 saturated carbocycles. The van der Waals surface area contributed by atoms with E-state index < -0.39 is 11.4 Å². The van der Waals surface area contributed by atoms with E-state index in [-0.39, 0.29) is 0 Å². The Morgan fingerprint density at radius 1 is 1.55 bits per heavy atom. The van der Waals surface area contributed by atoms with Crippen LogP contribution in [0.15, 0.2) is 22.7 Å². The van der Waals surface area contributed by atoms with Gasteiger partial charge in [-0.15, -0.1) is 0 Å². The minimum atomic E-state index is -0.665. The summed E-state index contributed by atoms with van der Waals surface area (Å²) in [5, 5.41) is 10.2. The highest BCUT2D eigenvalue weighted by Gasteiger charge is 2.40. The van der Waals surface area contributed by atoms with Gasteiger partial charge in [-0.05, 0) is 59.4 Å². The maximum absolute atomic E-state index is 11.6. The second kappa shape index (κ2) is 6.46. The third-order valence-corrected chi connectivity index (χ3v) is 5.39. The molecule has 1 saturated heterocycles. The average molecular weight is 361 g/mol. The van der Waals surface area contributed by atoms with Crippen molar-refractivity contribution in [2.45, 2.75) is 32.7 Å². The fraction of sp³-hybridized carbons (Fsp3) is 0.533. The quantitative estimate of drug-likeness (QED) is 0.875. The first-order valence-electron chi connectivity index (χ1n) is 6.86. The predicted molar refractivity (Wildman–Crippen MR) is 84.0 cm³/mol. The van der Waals surface area contributed by atoms with Crippen LogP contribution < -0.4 is 0 Å². The summed E-state index contributed by atoms with van der Waals surface area (Å²) in [5.41, 5.74) is 0.570. The third-order valence-electron chi connectivity index (χ3n) is 4.18. The Hall–Kier alpha value is -0.580. The number of likely N-dealkylation sites (tertiary alicyclic amines) is 1. The zero-order chi connectivity index (χ0) is 14.8. The molecular formula is C15H19BrClNO2. The summed E-state index contributed by atoms with van der Waals surface area (Å²) < 4.78 is 0.883. The van der Waals surface area contributed by atoms with Crippen LogP contribution in [0.2, 0.25) is 5.02 Å². The molecule has 3 nitrogen and oxygen atoms in total. The fourth-order valence-corrected chi connectivity index (χ4v) is 3.42. The van der Waals surface area contributed by atoms with Gasteiger partial charge in [-0.2, -0.15) is 0 Å². The van der Waals surface area contributed by atoms with E-state index >= 15 is 0 Å². The normalized spacial score (nSPS) is 23.8. The summed E-state index contributed by atoms with van der Waals surface area (Å²) in [6.07, 6.45) is 2.40. The van der Waals surface area contributed by atoms with Crippen molar-refractivity contribution in [3.8, 4) is 0 Å². The van der Waals surface area contributed by atoms with Gasteiger partial charge in [0.15, 0.2) is 0 Å². The van der Waals surface area contributed by atoms with Gasteiger partial charge in [0.2, 0.25) is 0 Å². The fourth-order valence-electron chi connectivity index (χ4n) is 2.87. The van der Waals surface area contributed by atoms with Gasteiger partial charge in [0.1, 0.15) is 0 Å². The van der Waals surface area contributed by atoms with Crippen LogP contribution in [0.3, 0.4) is 0 Å². The van der Waals surface area contributed by atoms with Gasteiger partial charge in [0.25, 0.3) is 0 Å². The lowest BCUT2D eigenvalue weighted by atomic mass is 9.77. The van der Waals surface area contributed by atoms with Gasteiger partial charge in [-0.3, -0.25) is 9.69 Å². The van der Waals surface area contributed by atoms with E-state index in [1.54, 1.807) is 0 Å². The minimum absolute atomic E-state index is 0.581. The van der Waals surface area contributed by atoms with Crippen LogP contribution in [0.25, 0.3) is 0 Å². The molecule has 1 aliphatic rings. The van der Waals surface area contributed by atoms with Crippen LogP contribution in [0, 0.1) is 5.41 Å². The number of piperidine rings is 1. The molecular weight excluding hydrogens is 342 g/mol. The number of carboxylic acid groups (broad SMARTS) is 1. The summed E-state index contributed by atoms with van der Waals surface area (Å²) in [6, 6.07) is 5.87. The molecule has 0 bridgehead atoms. The number of hydrogen-bond donors (Lipinski definition) is 1. The maximum atomic E-state index is 11.6. The largest absolute Gasteiger partial charge is 0.481 e. The van der Waals surface area contributed by atoms with Gasteiger partial charge in [-0.25, -0.2) is 0 Å². The van der Waals surface area contributed by atoms with Crippen LogP contribution in [-0.2, 0) is 11.3 Å². The molecule has 1 aliphatic heterocycles. The van der Waals surface area contributed by atoms with Crippen molar-refractivity contribution in [3.05, 3.63) is 33.3 Å². The molecule has 0 radical (unpaired) electrons. The predicted octanol–water partition coefficient (Wildman–Crippen LogP) is 4.18. The zero-order valence-electron chi connectivity index (χ0n) is 11.5. The number of carboxylic acids is 1. The lowest BCUT2D eigenvalue weighted by Crippen LogP contribution is -2.47. The third kappa shape index (κ3) is 3.35. The summed E-state index contributed by atoms with van der Waals surface area (Å²) in [4.78, 5) is 13.8. The van der Waals surface area contributed by atoms with Crippen molar-refractivity contribution >= 4 is 33.5 Å². The molecule has 2 rings (SSSR count). The van der Waals surface area contributed by atoms with E-state index in [4.69, 9.17) is 11.6 Å². The molecule has 1 aromatic carbocycles. The number of halogens is 2. The lowest BCUT2D eigenvalue weighted by Gasteiger charge is -2.39. The Balaban J connectivity index is 2.09. The van der Waals surface area contributed by atoms with Crippen molar-refractivity contribution in [2.75, 3.05) is 13.1 Å². The molecule has 0 amide bonds. The lowest BCUT2D eigenvalue weighted by molar-refractivity contribution is -0.153.